The fourth-order valence-corrected chi connectivity index (χ4v) is 4.54. The highest BCUT2D eigenvalue weighted by atomic mass is 32.2. The molecule has 0 atom stereocenters. The largest absolute Gasteiger partial charge is 0.354 e. The molecule has 3 aromatic rings. The molecule has 1 aromatic heterocycles. The maximum Gasteiger partial charge on any atom is 0.272 e. The van der Waals surface area contributed by atoms with Crippen LogP contribution < -0.4 is 10.0 Å². The summed E-state index contributed by atoms with van der Waals surface area (Å²) in [5.74, 6) is -0.467. The Kier molecular flexibility index (Phi) is 4.66. The molecule has 0 aliphatic carbocycles. The van der Waals surface area contributed by atoms with Gasteiger partial charge in [-0.25, -0.2) is 16.8 Å². The van der Waals surface area contributed by atoms with E-state index < -0.39 is 25.8 Å². The third-order valence-electron chi connectivity index (χ3n) is 3.82. The summed E-state index contributed by atoms with van der Waals surface area (Å²) in [5, 5.41) is 9.30. The van der Waals surface area contributed by atoms with Gasteiger partial charge in [0.1, 0.15) is 0 Å². The second kappa shape index (κ2) is 6.67. The first kappa shape index (κ1) is 18.9. The van der Waals surface area contributed by atoms with Gasteiger partial charge < -0.3 is 5.32 Å². The highest BCUT2D eigenvalue weighted by molar-refractivity contribution is 7.93. The van der Waals surface area contributed by atoms with Crippen molar-refractivity contribution in [1.29, 1.82) is 0 Å². The Morgan fingerprint density at radius 2 is 1.78 bits per heavy atom. The van der Waals surface area contributed by atoms with Crippen LogP contribution in [0.15, 0.2) is 52.3 Å². The van der Waals surface area contributed by atoms with Crippen molar-refractivity contribution < 1.29 is 21.6 Å². The number of nitrogens with zero attached hydrogens (tertiary/aromatic N) is 1. The number of anilines is 1. The number of nitrogens with one attached hydrogen (secondary N) is 3. The van der Waals surface area contributed by atoms with Crippen molar-refractivity contribution >= 4 is 42.4 Å². The van der Waals surface area contributed by atoms with Gasteiger partial charge in [0, 0.05) is 18.7 Å². The molecule has 0 bridgehead atoms. The van der Waals surface area contributed by atoms with E-state index in [2.05, 4.69) is 20.2 Å². The predicted octanol–water partition coefficient (Wildman–Crippen LogP) is 1.13. The number of hydrogen-bond donors (Lipinski definition) is 3. The van der Waals surface area contributed by atoms with Crippen LogP contribution in [0.1, 0.15) is 10.5 Å². The number of para-hydroxylation sites is 1. The van der Waals surface area contributed by atoms with Crippen LogP contribution in [-0.4, -0.2) is 46.2 Å². The second-order valence-electron chi connectivity index (χ2n) is 5.73. The first-order valence-electron chi connectivity index (χ1n) is 7.65. The van der Waals surface area contributed by atoms with Crippen LogP contribution in [0.4, 0.5) is 5.69 Å². The fraction of sp³-hybridized carbons (Fsp3) is 0.125. The quantitative estimate of drug-likeness (QED) is 0.578. The summed E-state index contributed by atoms with van der Waals surface area (Å²) in [7, 11) is -6.29. The molecule has 142 valence electrons. The first-order valence-corrected chi connectivity index (χ1v) is 11.0. The molecule has 0 aliphatic heterocycles. The van der Waals surface area contributed by atoms with Gasteiger partial charge in [0.2, 0.25) is 0 Å². The molecule has 0 saturated heterocycles. The monoisotopic (exact) mass is 408 g/mol. The molecule has 1 heterocycles. The van der Waals surface area contributed by atoms with E-state index in [0.29, 0.717) is 10.9 Å². The van der Waals surface area contributed by atoms with Gasteiger partial charge in [-0.2, -0.15) is 5.10 Å². The molecule has 9 nitrogen and oxygen atoms in total. The SMILES string of the molecule is CNC(=O)c1n[nH]c2ccc(S(=O)(=O)Nc3ccccc3S(C)(=O)=O)cc12. The van der Waals surface area contributed by atoms with Crippen molar-refractivity contribution in [1.82, 2.24) is 15.5 Å². The Morgan fingerprint density at radius 3 is 2.44 bits per heavy atom. The van der Waals surface area contributed by atoms with Crippen LogP contribution in [0.5, 0.6) is 0 Å². The van der Waals surface area contributed by atoms with Crippen LogP contribution in [0.2, 0.25) is 0 Å². The van der Waals surface area contributed by atoms with E-state index >= 15 is 0 Å². The molecular formula is C16H16N4O5S2. The summed E-state index contributed by atoms with van der Waals surface area (Å²) in [6.45, 7) is 0. The number of sulfonamides is 1. The maximum atomic E-state index is 12.8. The van der Waals surface area contributed by atoms with E-state index in [1.54, 1.807) is 0 Å². The van der Waals surface area contributed by atoms with E-state index in [9.17, 15) is 21.6 Å². The minimum absolute atomic E-state index is 0.0566. The van der Waals surface area contributed by atoms with E-state index in [-0.39, 0.29) is 21.2 Å². The summed E-state index contributed by atoms with van der Waals surface area (Å²) >= 11 is 0. The summed E-state index contributed by atoms with van der Waals surface area (Å²) in [4.78, 5) is 11.6. The van der Waals surface area contributed by atoms with Crippen molar-refractivity contribution in [2.24, 2.45) is 0 Å². The Morgan fingerprint density at radius 1 is 1.07 bits per heavy atom. The number of carbonyl (C=O) groups excluding carboxylic acids is 1. The molecule has 11 heteroatoms. The lowest BCUT2D eigenvalue weighted by Gasteiger charge is -2.11. The zero-order valence-corrected chi connectivity index (χ0v) is 16.0. The molecule has 0 unspecified atom stereocenters. The van der Waals surface area contributed by atoms with Gasteiger partial charge in [0.05, 0.1) is 21.0 Å². The van der Waals surface area contributed by atoms with E-state index in [1.165, 1.54) is 49.5 Å². The van der Waals surface area contributed by atoms with Crippen molar-refractivity contribution in [3.8, 4) is 0 Å². The van der Waals surface area contributed by atoms with Gasteiger partial charge >= 0.3 is 0 Å². The third kappa shape index (κ3) is 3.64. The lowest BCUT2D eigenvalue weighted by Crippen LogP contribution is -2.18. The van der Waals surface area contributed by atoms with Crippen molar-refractivity contribution in [2.75, 3.05) is 18.0 Å². The molecule has 0 aliphatic rings. The maximum absolute atomic E-state index is 12.8. The van der Waals surface area contributed by atoms with Crippen molar-refractivity contribution in [3.63, 3.8) is 0 Å². The summed E-state index contributed by atoms with van der Waals surface area (Å²) in [5.41, 5.74) is 0.490. The van der Waals surface area contributed by atoms with Crippen LogP contribution in [0, 0.1) is 0 Å². The molecule has 3 N–H and O–H groups in total. The van der Waals surface area contributed by atoms with E-state index in [4.69, 9.17) is 0 Å². The molecule has 0 spiro atoms. The van der Waals surface area contributed by atoms with Gasteiger partial charge in [0.25, 0.3) is 15.9 Å². The van der Waals surface area contributed by atoms with Gasteiger partial charge in [0.15, 0.2) is 15.5 Å². The smallest absolute Gasteiger partial charge is 0.272 e. The lowest BCUT2D eigenvalue weighted by molar-refractivity contribution is 0.0959. The minimum Gasteiger partial charge on any atom is -0.354 e. The van der Waals surface area contributed by atoms with E-state index in [0.717, 1.165) is 6.26 Å². The molecule has 1 amide bonds. The number of sulfone groups is 1. The van der Waals surface area contributed by atoms with Crippen LogP contribution >= 0.6 is 0 Å². The molecule has 27 heavy (non-hydrogen) atoms. The van der Waals surface area contributed by atoms with Crippen LogP contribution in [-0.2, 0) is 19.9 Å². The molecule has 2 aromatic carbocycles. The Hall–Kier alpha value is -2.92. The standard InChI is InChI=1S/C16H16N4O5S2/c1-17-16(21)15-11-9-10(7-8-12(11)18-19-15)27(24,25)20-13-5-3-4-6-14(13)26(2,22)23/h3-9,20H,1-2H3,(H,17,21)(H,18,19). The molecule has 3 rings (SSSR count). The number of amides is 1. The average Bonchev–Trinajstić information content (AvgIpc) is 3.03. The van der Waals surface area contributed by atoms with Crippen molar-refractivity contribution in [2.45, 2.75) is 9.79 Å². The third-order valence-corrected chi connectivity index (χ3v) is 6.34. The van der Waals surface area contributed by atoms with Gasteiger partial charge in [-0.05, 0) is 30.3 Å². The van der Waals surface area contributed by atoms with Gasteiger partial charge in [-0.3, -0.25) is 14.6 Å². The minimum atomic E-state index is -4.10. The molecular weight excluding hydrogens is 392 g/mol. The fourth-order valence-electron chi connectivity index (χ4n) is 2.53. The van der Waals surface area contributed by atoms with Crippen LogP contribution in [0.25, 0.3) is 10.9 Å². The number of hydrogen-bond acceptors (Lipinski definition) is 6. The zero-order chi connectivity index (χ0) is 19.8. The number of carbonyl (C=O) groups is 1. The molecule has 0 fully saturated rings. The van der Waals surface area contributed by atoms with Crippen molar-refractivity contribution in [3.05, 3.63) is 48.2 Å². The summed E-state index contributed by atoms with van der Waals surface area (Å²) in [6.07, 6.45) is 0.993. The highest BCUT2D eigenvalue weighted by Gasteiger charge is 2.21. The second-order valence-corrected chi connectivity index (χ2v) is 9.40. The average molecular weight is 408 g/mol. The first-order chi connectivity index (χ1) is 12.6. The molecule has 0 radical (unpaired) electrons. The number of aromatic nitrogens is 2. The predicted molar refractivity (Wildman–Crippen MR) is 99.8 cm³/mol. The highest BCUT2D eigenvalue weighted by Crippen LogP contribution is 2.26. The lowest BCUT2D eigenvalue weighted by atomic mass is 10.2. The number of rotatable bonds is 5. The summed E-state index contributed by atoms with van der Waals surface area (Å²) < 4.78 is 51.6. The number of fused-ring (bicyclic) bond motifs is 1. The van der Waals surface area contributed by atoms with Gasteiger partial charge in [-0.1, -0.05) is 12.1 Å². The Labute approximate surface area is 155 Å². The number of benzene rings is 2. The Balaban J connectivity index is 2.08. The number of H-pyrrole nitrogens is 1. The van der Waals surface area contributed by atoms with Gasteiger partial charge in [-0.15, -0.1) is 0 Å². The van der Waals surface area contributed by atoms with Crippen LogP contribution in [0.3, 0.4) is 0 Å². The molecule has 0 saturated carbocycles. The normalized spacial score (nSPS) is 12.1. The topological polar surface area (TPSA) is 138 Å². The Bertz CT molecular complexity index is 1250. The zero-order valence-electron chi connectivity index (χ0n) is 14.3. The number of aromatic amines is 1. The summed E-state index contributed by atoms with van der Waals surface area (Å²) in [6, 6.07) is 9.81. The van der Waals surface area contributed by atoms with E-state index in [1.807, 2.05) is 0 Å².